The van der Waals surface area contributed by atoms with E-state index in [2.05, 4.69) is 31.2 Å². The third kappa shape index (κ3) is 17.2. The van der Waals surface area contributed by atoms with E-state index in [9.17, 15) is 14.7 Å². The van der Waals surface area contributed by atoms with Gasteiger partial charge in [-0.15, -0.1) is 0 Å². The van der Waals surface area contributed by atoms with E-state index in [1.807, 2.05) is 21.1 Å². The molecule has 150 valence electrons. The number of allylic oxidation sites excluding steroid dienone is 4. The molecule has 0 aliphatic carbocycles. The van der Waals surface area contributed by atoms with Gasteiger partial charge in [0.15, 0.2) is 6.10 Å². The van der Waals surface area contributed by atoms with E-state index >= 15 is 0 Å². The van der Waals surface area contributed by atoms with Gasteiger partial charge in [0.2, 0.25) is 0 Å². The zero-order chi connectivity index (χ0) is 19.8. The van der Waals surface area contributed by atoms with Gasteiger partial charge in [0.1, 0.15) is 6.54 Å². The minimum atomic E-state index is -1.19. The maximum absolute atomic E-state index is 11.9. The van der Waals surface area contributed by atoms with Crippen LogP contribution in [0.4, 0.5) is 0 Å². The molecular weight excluding hydrogens is 330 g/mol. The Morgan fingerprint density at radius 1 is 1.00 bits per heavy atom. The smallest absolute Gasteiger partial charge is 0.306 e. The van der Waals surface area contributed by atoms with Crippen molar-refractivity contribution in [1.29, 1.82) is 0 Å². The van der Waals surface area contributed by atoms with Crippen molar-refractivity contribution in [1.82, 2.24) is 0 Å². The largest absolute Gasteiger partial charge is 0.550 e. The van der Waals surface area contributed by atoms with E-state index in [0.717, 1.165) is 19.3 Å². The number of nitrogens with zero attached hydrogens (tertiary/aromatic N) is 1. The number of hydrogen-bond donors (Lipinski definition) is 0. The Hall–Kier alpha value is -1.62. The summed E-state index contributed by atoms with van der Waals surface area (Å²) in [5, 5.41) is 10.8. The van der Waals surface area contributed by atoms with Crippen LogP contribution in [0.3, 0.4) is 0 Å². The molecule has 0 aliphatic heterocycles. The van der Waals surface area contributed by atoms with Crippen LogP contribution < -0.4 is 5.11 Å². The van der Waals surface area contributed by atoms with Crippen LogP contribution in [0.15, 0.2) is 24.3 Å². The van der Waals surface area contributed by atoms with Crippen LogP contribution in [0.5, 0.6) is 0 Å². The third-order valence-corrected chi connectivity index (χ3v) is 3.78. The SMILES string of the molecule is CCCCC/C=C\C/C=C\CCCC(=O)O[C@H](CC(=O)[O-])C[N+](C)(C)C. The molecule has 0 aliphatic rings. The average Bonchev–Trinajstić information content (AvgIpc) is 2.50. The molecule has 0 bridgehead atoms. The standard InChI is InChI=1S/C21H37NO4/c1-5-6-7-8-9-10-11-12-13-14-15-16-21(25)26-19(17-20(23)24)18-22(2,3)4/h9-10,12-13,19H,5-8,11,14-18H2,1-4H3/b10-9-,13-12-/t19-/m1/s1. The van der Waals surface area contributed by atoms with Crippen molar-refractivity contribution in [2.75, 3.05) is 27.7 Å². The third-order valence-electron chi connectivity index (χ3n) is 3.78. The topological polar surface area (TPSA) is 66.4 Å². The van der Waals surface area contributed by atoms with Crippen molar-refractivity contribution in [3.63, 3.8) is 0 Å². The lowest BCUT2D eigenvalue weighted by atomic mass is 10.2. The normalized spacial score (nSPS) is 13.4. The van der Waals surface area contributed by atoms with Crippen molar-refractivity contribution in [2.24, 2.45) is 0 Å². The summed E-state index contributed by atoms with van der Waals surface area (Å²) in [7, 11) is 5.79. The molecule has 0 saturated heterocycles. The molecule has 0 aromatic heterocycles. The number of quaternary nitrogens is 1. The number of rotatable bonds is 15. The minimum Gasteiger partial charge on any atom is -0.550 e. The van der Waals surface area contributed by atoms with Gasteiger partial charge in [-0.3, -0.25) is 4.79 Å². The number of carbonyl (C=O) groups is 2. The molecule has 0 aromatic rings. The lowest BCUT2D eigenvalue weighted by Gasteiger charge is -2.29. The summed E-state index contributed by atoms with van der Waals surface area (Å²) in [5.74, 6) is -1.53. The van der Waals surface area contributed by atoms with E-state index in [-0.39, 0.29) is 12.4 Å². The first-order chi connectivity index (χ1) is 12.2. The number of unbranched alkanes of at least 4 members (excludes halogenated alkanes) is 4. The average molecular weight is 368 g/mol. The molecule has 0 heterocycles. The Balaban J connectivity index is 3.94. The van der Waals surface area contributed by atoms with E-state index < -0.39 is 12.1 Å². The molecule has 0 rings (SSSR count). The van der Waals surface area contributed by atoms with Crippen LogP contribution >= 0.6 is 0 Å². The summed E-state index contributed by atoms with van der Waals surface area (Å²) >= 11 is 0. The molecule has 0 aromatic carbocycles. The number of carboxylic acids is 1. The van der Waals surface area contributed by atoms with E-state index in [4.69, 9.17) is 4.74 Å². The maximum atomic E-state index is 11.9. The van der Waals surface area contributed by atoms with Gasteiger partial charge < -0.3 is 19.1 Å². The van der Waals surface area contributed by atoms with Gasteiger partial charge in [0.25, 0.3) is 0 Å². The number of carbonyl (C=O) groups excluding carboxylic acids is 2. The van der Waals surface area contributed by atoms with Gasteiger partial charge in [0, 0.05) is 18.8 Å². The van der Waals surface area contributed by atoms with Crippen molar-refractivity contribution >= 4 is 11.9 Å². The molecule has 0 fully saturated rings. The summed E-state index contributed by atoms with van der Waals surface area (Å²) in [4.78, 5) is 22.7. The van der Waals surface area contributed by atoms with Crippen molar-refractivity contribution in [2.45, 2.75) is 70.8 Å². The molecule has 0 radical (unpaired) electrons. The van der Waals surface area contributed by atoms with Crippen molar-refractivity contribution in [3.8, 4) is 0 Å². The molecule has 5 heteroatoms. The number of carboxylic acid groups (broad SMARTS) is 1. The molecule has 1 atom stereocenters. The van der Waals surface area contributed by atoms with Gasteiger partial charge in [-0.05, 0) is 32.1 Å². The number of ether oxygens (including phenoxy) is 1. The Bertz CT molecular complexity index is 449. The van der Waals surface area contributed by atoms with Gasteiger partial charge in [0.05, 0.1) is 21.1 Å². The lowest BCUT2D eigenvalue weighted by molar-refractivity contribution is -0.873. The van der Waals surface area contributed by atoms with E-state index in [1.54, 1.807) is 0 Å². The van der Waals surface area contributed by atoms with Crippen molar-refractivity contribution in [3.05, 3.63) is 24.3 Å². The van der Waals surface area contributed by atoms with Crippen LogP contribution in [-0.2, 0) is 14.3 Å². The Kier molecular flexibility index (Phi) is 13.6. The zero-order valence-corrected chi connectivity index (χ0v) is 17.0. The number of esters is 1. The van der Waals surface area contributed by atoms with Gasteiger partial charge in [-0.25, -0.2) is 0 Å². The first-order valence-corrected chi connectivity index (χ1v) is 9.74. The second-order valence-electron chi connectivity index (χ2n) is 7.73. The fourth-order valence-electron chi connectivity index (χ4n) is 2.57. The Morgan fingerprint density at radius 3 is 2.15 bits per heavy atom. The van der Waals surface area contributed by atoms with Gasteiger partial charge in [-0.2, -0.15) is 0 Å². The number of aliphatic carboxylic acids is 1. The second kappa shape index (κ2) is 14.5. The highest BCUT2D eigenvalue weighted by Gasteiger charge is 2.22. The van der Waals surface area contributed by atoms with Crippen LogP contribution in [0.2, 0.25) is 0 Å². The highest BCUT2D eigenvalue weighted by Crippen LogP contribution is 2.08. The molecule has 26 heavy (non-hydrogen) atoms. The van der Waals surface area contributed by atoms with Gasteiger partial charge >= 0.3 is 5.97 Å². The highest BCUT2D eigenvalue weighted by atomic mass is 16.5. The second-order valence-corrected chi connectivity index (χ2v) is 7.73. The van der Waals surface area contributed by atoms with Crippen LogP contribution in [0.25, 0.3) is 0 Å². The predicted molar refractivity (Wildman–Crippen MR) is 103 cm³/mol. The molecule has 5 nitrogen and oxygen atoms in total. The molecule has 0 spiro atoms. The molecule has 0 amide bonds. The van der Waals surface area contributed by atoms with E-state index in [0.29, 0.717) is 23.9 Å². The first-order valence-electron chi connectivity index (χ1n) is 9.74. The zero-order valence-electron chi connectivity index (χ0n) is 17.0. The predicted octanol–water partition coefficient (Wildman–Crippen LogP) is 3.00. The minimum absolute atomic E-state index is 0.258. The summed E-state index contributed by atoms with van der Waals surface area (Å²) in [6.07, 6.45) is 15.4. The summed E-state index contributed by atoms with van der Waals surface area (Å²) in [6, 6.07) is 0. The van der Waals surface area contributed by atoms with Crippen LogP contribution in [-0.4, -0.2) is 50.2 Å². The quantitative estimate of drug-likeness (QED) is 0.193. The van der Waals surface area contributed by atoms with Crippen LogP contribution in [0, 0.1) is 0 Å². The maximum Gasteiger partial charge on any atom is 0.306 e. The molecule has 0 saturated carbocycles. The Labute approximate surface area is 159 Å². The monoisotopic (exact) mass is 367 g/mol. The number of hydrogen-bond acceptors (Lipinski definition) is 4. The molecular formula is C21H37NO4. The first kappa shape index (κ1) is 24.4. The summed E-state index contributed by atoms with van der Waals surface area (Å²) in [6.45, 7) is 2.65. The van der Waals surface area contributed by atoms with E-state index in [1.165, 1.54) is 19.3 Å². The number of likely N-dealkylation sites (N-methyl/N-ethyl adjacent to an activating group) is 1. The summed E-state index contributed by atoms with van der Waals surface area (Å²) < 4.78 is 5.85. The van der Waals surface area contributed by atoms with Crippen molar-refractivity contribution < 1.29 is 23.9 Å². The lowest BCUT2D eigenvalue weighted by Crippen LogP contribution is -2.45. The van der Waals surface area contributed by atoms with Crippen LogP contribution in [0.1, 0.15) is 64.7 Å². The van der Waals surface area contributed by atoms with Gasteiger partial charge in [-0.1, -0.05) is 44.1 Å². The fourth-order valence-corrected chi connectivity index (χ4v) is 2.57. The Morgan fingerprint density at radius 2 is 1.62 bits per heavy atom. The molecule has 0 unspecified atom stereocenters. The highest BCUT2D eigenvalue weighted by molar-refractivity contribution is 5.70. The fraction of sp³-hybridized carbons (Fsp3) is 0.714. The summed E-state index contributed by atoms with van der Waals surface area (Å²) in [5.41, 5.74) is 0. The molecule has 0 N–H and O–H groups in total.